The lowest BCUT2D eigenvalue weighted by Crippen LogP contribution is -2.36. The second-order valence-corrected chi connectivity index (χ2v) is 6.05. The molecule has 0 aliphatic rings. The van der Waals surface area contributed by atoms with Crippen molar-refractivity contribution in [3.8, 4) is 5.75 Å². The van der Waals surface area contributed by atoms with Gasteiger partial charge in [-0.25, -0.2) is 0 Å². The van der Waals surface area contributed by atoms with Gasteiger partial charge in [0.25, 0.3) is 11.8 Å². The van der Waals surface area contributed by atoms with E-state index in [1.54, 1.807) is 24.3 Å². The van der Waals surface area contributed by atoms with E-state index in [1.807, 2.05) is 32.0 Å². The molecule has 0 aliphatic heterocycles. The zero-order chi connectivity index (χ0) is 18.2. The van der Waals surface area contributed by atoms with Crippen LogP contribution in [-0.2, 0) is 4.79 Å². The smallest absolute Gasteiger partial charge is 0.258 e. The Balaban J connectivity index is 1.69. The number of ether oxygens (including phenoxy) is 1. The van der Waals surface area contributed by atoms with Crippen molar-refractivity contribution in [2.75, 3.05) is 19.7 Å². The number of amides is 2. The van der Waals surface area contributed by atoms with Crippen LogP contribution in [0.3, 0.4) is 0 Å². The van der Waals surface area contributed by atoms with Gasteiger partial charge in [0.05, 0.1) is 10.6 Å². The number of rotatable bonds is 7. The minimum atomic E-state index is -0.272. The lowest BCUT2D eigenvalue weighted by Gasteiger charge is -2.11. The van der Waals surface area contributed by atoms with Crippen molar-refractivity contribution in [1.82, 2.24) is 10.6 Å². The zero-order valence-corrected chi connectivity index (χ0v) is 15.0. The normalized spacial score (nSPS) is 10.2. The summed E-state index contributed by atoms with van der Waals surface area (Å²) in [6.07, 6.45) is 0. The maximum atomic E-state index is 12.0. The molecule has 0 atom stereocenters. The summed E-state index contributed by atoms with van der Waals surface area (Å²) in [5, 5.41) is 5.80. The fourth-order valence-corrected chi connectivity index (χ4v) is 2.40. The maximum Gasteiger partial charge on any atom is 0.258 e. The van der Waals surface area contributed by atoms with Crippen LogP contribution in [-0.4, -0.2) is 31.5 Å². The van der Waals surface area contributed by atoms with E-state index in [9.17, 15) is 9.59 Å². The number of benzene rings is 2. The van der Waals surface area contributed by atoms with E-state index < -0.39 is 0 Å². The van der Waals surface area contributed by atoms with E-state index in [2.05, 4.69) is 10.6 Å². The van der Waals surface area contributed by atoms with Crippen molar-refractivity contribution >= 4 is 23.4 Å². The quantitative estimate of drug-likeness (QED) is 0.746. The molecule has 0 aromatic heterocycles. The predicted octanol–water partition coefficient (Wildman–Crippen LogP) is 2.88. The lowest BCUT2D eigenvalue weighted by atomic mass is 10.1. The van der Waals surface area contributed by atoms with Gasteiger partial charge in [-0.3, -0.25) is 9.59 Å². The molecule has 0 aliphatic carbocycles. The number of aryl methyl sites for hydroxylation is 2. The molecule has 2 aromatic carbocycles. The number of hydrogen-bond acceptors (Lipinski definition) is 3. The molecule has 5 nitrogen and oxygen atoms in total. The molecule has 2 amide bonds. The van der Waals surface area contributed by atoms with Crippen LogP contribution >= 0.6 is 11.6 Å². The molecule has 0 spiro atoms. The average Bonchev–Trinajstić information content (AvgIpc) is 2.59. The Morgan fingerprint density at radius 1 is 1.04 bits per heavy atom. The van der Waals surface area contributed by atoms with Crippen molar-refractivity contribution in [2.24, 2.45) is 0 Å². The van der Waals surface area contributed by atoms with Gasteiger partial charge in [-0.2, -0.15) is 0 Å². The SMILES string of the molecule is Cc1ccc(C)c(OCC(=O)NCCNC(=O)c2ccccc2Cl)c1. The molecular weight excluding hydrogens is 340 g/mol. The van der Waals surface area contributed by atoms with Crippen molar-refractivity contribution < 1.29 is 14.3 Å². The van der Waals surface area contributed by atoms with Gasteiger partial charge in [0.15, 0.2) is 6.61 Å². The third-order valence-electron chi connectivity index (χ3n) is 3.55. The van der Waals surface area contributed by atoms with Gasteiger partial charge in [0.2, 0.25) is 0 Å². The van der Waals surface area contributed by atoms with Gasteiger partial charge in [-0.1, -0.05) is 35.9 Å². The van der Waals surface area contributed by atoms with E-state index in [0.29, 0.717) is 29.4 Å². The van der Waals surface area contributed by atoms with Crippen LogP contribution in [0.5, 0.6) is 5.75 Å². The van der Waals surface area contributed by atoms with Crippen LogP contribution in [0.2, 0.25) is 5.02 Å². The Hall–Kier alpha value is -2.53. The third-order valence-corrected chi connectivity index (χ3v) is 3.88. The van der Waals surface area contributed by atoms with Gasteiger partial charge >= 0.3 is 0 Å². The molecule has 0 saturated heterocycles. The number of carbonyl (C=O) groups is 2. The highest BCUT2D eigenvalue weighted by molar-refractivity contribution is 6.33. The highest BCUT2D eigenvalue weighted by Crippen LogP contribution is 2.18. The molecule has 0 fully saturated rings. The molecule has 0 heterocycles. The number of carbonyl (C=O) groups excluding carboxylic acids is 2. The summed E-state index contributed by atoms with van der Waals surface area (Å²) in [4.78, 5) is 23.8. The first-order valence-electron chi connectivity index (χ1n) is 7.97. The third kappa shape index (κ3) is 5.80. The standard InChI is InChI=1S/C19H21ClN2O3/c1-13-7-8-14(2)17(11-13)25-12-18(23)21-9-10-22-19(24)15-5-3-4-6-16(15)20/h3-8,11H,9-10,12H2,1-2H3,(H,21,23)(H,22,24). The van der Waals surface area contributed by atoms with Gasteiger partial charge in [-0.05, 0) is 43.2 Å². The van der Waals surface area contributed by atoms with Gasteiger partial charge < -0.3 is 15.4 Å². The second kappa shape index (κ2) is 9.08. The summed E-state index contributed by atoms with van der Waals surface area (Å²) in [6, 6.07) is 12.6. The van der Waals surface area contributed by atoms with Crippen molar-refractivity contribution in [1.29, 1.82) is 0 Å². The van der Waals surface area contributed by atoms with Gasteiger partial charge in [0, 0.05) is 13.1 Å². The van der Waals surface area contributed by atoms with Crippen LogP contribution in [0.15, 0.2) is 42.5 Å². The number of halogens is 1. The fourth-order valence-electron chi connectivity index (χ4n) is 2.18. The summed E-state index contributed by atoms with van der Waals surface area (Å²) in [5.74, 6) is 0.182. The molecule has 132 valence electrons. The van der Waals surface area contributed by atoms with Crippen LogP contribution in [0.4, 0.5) is 0 Å². The predicted molar refractivity (Wildman–Crippen MR) is 98.2 cm³/mol. The van der Waals surface area contributed by atoms with Crippen LogP contribution in [0.1, 0.15) is 21.5 Å². The largest absolute Gasteiger partial charge is 0.483 e. The van der Waals surface area contributed by atoms with Gasteiger partial charge in [0.1, 0.15) is 5.75 Å². The van der Waals surface area contributed by atoms with E-state index >= 15 is 0 Å². The summed E-state index contributed by atoms with van der Waals surface area (Å²) in [5.41, 5.74) is 2.46. The van der Waals surface area contributed by atoms with Gasteiger partial charge in [-0.15, -0.1) is 0 Å². The van der Waals surface area contributed by atoms with Crippen LogP contribution < -0.4 is 15.4 Å². The number of hydrogen-bond donors (Lipinski definition) is 2. The van der Waals surface area contributed by atoms with Crippen molar-refractivity contribution in [3.63, 3.8) is 0 Å². The monoisotopic (exact) mass is 360 g/mol. The molecule has 25 heavy (non-hydrogen) atoms. The van der Waals surface area contributed by atoms with Crippen molar-refractivity contribution in [2.45, 2.75) is 13.8 Å². The molecular formula is C19H21ClN2O3. The molecule has 0 radical (unpaired) electrons. The summed E-state index contributed by atoms with van der Waals surface area (Å²) in [7, 11) is 0. The molecule has 0 saturated carbocycles. The first-order valence-corrected chi connectivity index (χ1v) is 8.34. The zero-order valence-electron chi connectivity index (χ0n) is 14.3. The first-order chi connectivity index (χ1) is 12.0. The summed E-state index contributed by atoms with van der Waals surface area (Å²) in [6.45, 7) is 4.44. The second-order valence-electron chi connectivity index (χ2n) is 5.64. The topological polar surface area (TPSA) is 67.4 Å². The Morgan fingerprint density at radius 2 is 1.76 bits per heavy atom. The summed E-state index contributed by atoms with van der Waals surface area (Å²) < 4.78 is 5.53. The Labute approximate surface area is 152 Å². The van der Waals surface area contributed by atoms with Crippen LogP contribution in [0, 0.1) is 13.8 Å². The minimum absolute atomic E-state index is 0.0667. The van der Waals surface area contributed by atoms with E-state index in [4.69, 9.17) is 16.3 Å². The van der Waals surface area contributed by atoms with E-state index in [1.165, 1.54) is 0 Å². The lowest BCUT2D eigenvalue weighted by molar-refractivity contribution is -0.123. The molecule has 2 N–H and O–H groups in total. The van der Waals surface area contributed by atoms with E-state index in [-0.39, 0.29) is 18.4 Å². The molecule has 2 rings (SSSR count). The summed E-state index contributed by atoms with van der Waals surface area (Å²) >= 11 is 5.96. The maximum absolute atomic E-state index is 12.0. The first kappa shape index (κ1) is 18.8. The Kier molecular flexibility index (Phi) is 6.83. The fraction of sp³-hybridized carbons (Fsp3) is 0.263. The van der Waals surface area contributed by atoms with E-state index in [0.717, 1.165) is 11.1 Å². The minimum Gasteiger partial charge on any atom is -0.483 e. The average molecular weight is 361 g/mol. The Bertz CT molecular complexity index is 762. The molecule has 6 heteroatoms. The molecule has 2 aromatic rings. The van der Waals surface area contributed by atoms with Crippen molar-refractivity contribution in [3.05, 3.63) is 64.2 Å². The number of nitrogens with one attached hydrogen (secondary N) is 2. The molecule has 0 bridgehead atoms. The molecule has 0 unspecified atom stereocenters. The highest BCUT2D eigenvalue weighted by Gasteiger charge is 2.09. The Morgan fingerprint density at radius 3 is 2.52 bits per heavy atom. The highest BCUT2D eigenvalue weighted by atomic mass is 35.5. The van der Waals surface area contributed by atoms with Crippen LogP contribution in [0.25, 0.3) is 0 Å².